The van der Waals surface area contributed by atoms with E-state index in [0.29, 0.717) is 19.5 Å². The van der Waals surface area contributed by atoms with Gasteiger partial charge >= 0.3 is 0 Å². The first-order valence-corrected chi connectivity index (χ1v) is 7.30. The van der Waals surface area contributed by atoms with Crippen molar-refractivity contribution in [1.82, 2.24) is 24.6 Å². The molecule has 0 spiro atoms. The van der Waals surface area contributed by atoms with Crippen LogP contribution in [0.25, 0.3) is 0 Å². The Labute approximate surface area is 137 Å². The van der Waals surface area contributed by atoms with Gasteiger partial charge in [-0.25, -0.2) is 14.6 Å². The van der Waals surface area contributed by atoms with E-state index in [4.69, 9.17) is 10.00 Å². The van der Waals surface area contributed by atoms with Crippen LogP contribution in [0.3, 0.4) is 0 Å². The Morgan fingerprint density at radius 3 is 2.92 bits per heavy atom. The van der Waals surface area contributed by atoms with Crippen molar-refractivity contribution in [3.8, 4) is 11.9 Å². The van der Waals surface area contributed by atoms with E-state index in [1.54, 1.807) is 4.90 Å². The number of rotatable bonds is 3. The Balaban J connectivity index is 1.69. The fourth-order valence-electron chi connectivity index (χ4n) is 2.43. The first-order valence-electron chi connectivity index (χ1n) is 7.30. The maximum absolute atomic E-state index is 12.4. The van der Waals surface area contributed by atoms with Gasteiger partial charge in [-0.15, -0.1) is 0 Å². The summed E-state index contributed by atoms with van der Waals surface area (Å²) < 4.78 is 6.81. The van der Waals surface area contributed by atoms with Crippen molar-refractivity contribution in [1.29, 1.82) is 5.26 Å². The lowest BCUT2D eigenvalue weighted by molar-refractivity contribution is 0.0762. The number of aromatic nitrogens is 4. The molecule has 0 aromatic carbocycles. The fourth-order valence-corrected chi connectivity index (χ4v) is 2.43. The Morgan fingerprint density at radius 1 is 1.38 bits per heavy atom. The first kappa shape index (κ1) is 15.6. The van der Waals surface area contributed by atoms with Crippen LogP contribution in [0.2, 0.25) is 0 Å². The first-order chi connectivity index (χ1) is 11.6. The molecule has 3 heterocycles. The second-order valence-corrected chi connectivity index (χ2v) is 5.28. The van der Waals surface area contributed by atoms with Gasteiger partial charge in [-0.2, -0.15) is 10.4 Å². The summed E-state index contributed by atoms with van der Waals surface area (Å²) in [6.07, 6.45) is 3.20. The van der Waals surface area contributed by atoms with Gasteiger partial charge in [0.1, 0.15) is 17.9 Å². The molecule has 2 aromatic rings. The highest BCUT2D eigenvalue weighted by Crippen LogP contribution is 2.19. The summed E-state index contributed by atoms with van der Waals surface area (Å²) in [5.74, 6) is -0.101. The Hall–Kier alpha value is -3.28. The van der Waals surface area contributed by atoms with Crippen LogP contribution in [0.15, 0.2) is 29.3 Å². The summed E-state index contributed by atoms with van der Waals surface area (Å²) in [6, 6.07) is 4.64. The van der Waals surface area contributed by atoms with Crippen molar-refractivity contribution in [2.24, 2.45) is 7.05 Å². The highest BCUT2D eigenvalue weighted by atomic mass is 16.5. The lowest BCUT2D eigenvalue weighted by Crippen LogP contribution is -2.33. The summed E-state index contributed by atoms with van der Waals surface area (Å²) in [4.78, 5) is 33.3. The zero-order valence-electron chi connectivity index (χ0n) is 12.9. The van der Waals surface area contributed by atoms with E-state index in [1.165, 1.54) is 31.6 Å². The molecule has 1 aliphatic rings. The number of carbonyl (C=O) groups is 1. The number of hydrogen-bond donors (Lipinski definition) is 0. The van der Waals surface area contributed by atoms with Crippen molar-refractivity contribution >= 4 is 5.91 Å². The minimum absolute atomic E-state index is 0.113. The van der Waals surface area contributed by atoms with Gasteiger partial charge in [-0.3, -0.25) is 9.59 Å². The minimum atomic E-state index is -0.277. The summed E-state index contributed by atoms with van der Waals surface area (Å²) in [5, 5.41) is 13.0. The second kappa shape index (κ2) is 6.45. The maximum Gasteiger partial charge on any atom is 0.274 e. The van der Waals surface area contributed by atoms with Crippen molar-refractivity contribution < 1.29 is 9.53 Å². The molecule has 0 aliphatic carbocycles. The zero-order chi connectivity index (χ0) is 17.1. The van der Waals surface area contributed by atoms with Crippen LogP contribution in [0.4, 0.5) is 0 Å². The van der Waals surface area contributed by atoms with Gasteiger partial charge in [0.15, 0.2) is 0 Å². The summed E-state index contributed by atoms with van der Waals surface area (Å²) in [7, 11) is 1.49. The quantitative estimate of drug-likeness (QED) is 0.763. The molecule has 0 N–H and O–H groups in total. The number of nitrogens with zero attached hydrogens (tertiary/aromatic N) is 6. The third kappa shape index (κ3) is 3.08. The number of carbonyl (C=O) groups excluding carboxylic acids is 1. The topological polar surface area (TPSA) is 114 Å². The van der Waals surface area contributed by atoms with Crippen LogP contribution in [0.5, 0.6) is 5.88 Å². The lowest BCUT2D eigenvalue weighted by atomic mass is 10.3. The smallest absolute Gasteiger partial charge is 0.274 e. The fraction of sp³-hybridized carbons (Fsp3) is 0.333. The van der Waals surface area contributed by atoms with Crippen molar-refractivity contribution in [3.63, 3.8) is 0 Å². The average molecular weight is 326 g/mol. The molecule has 1 aliphatic heterocycles. The molecule has 0 bridgehead atoms. The van der Waals surface area contributed by atoms with Crippen LogP contribution < -0.4 is 10.3 Å². The van der Waals surface area contributed by atoms with Gasteiger partial charge in [-0.05, 0) is 6.07 Å². The molecule has 9 heteroatoms. The molecule has 3 rings (SSSR count). The van der Waals surface area contributed by atoms with Crippen molar-refractivity contribution in [3.05, 3.63) is 46.3 Å². The summed E-state index contributed by atoms with van der Waals surface area (Å²) in [5.41, 5.74) is 0.0397. The molecule has 1 fully saturated rings. The van der Waals surface area contributed by atoms with Crippen LogP contribution in [-0.4, -0.2) is 49.7 Å². The Morgan fingerprint density at radius 2 is 2.17 bits per heavy atom. The van der Waals surface area contributed by atoms with Gasteiger partial charge in [0.05, 0.1) is 6.54 Å². The molecule has 9 nitrogen and oxygen atoms in total. The summed E-state index contributed by atoms with van der Waals surface area (Å²) >= 11 is 0. The third-order valence-corrected chi connectivity index (χ3v) is 3.66. The maximum atomic E-state index is 12.4. The molecule has 0 saturated carbocycles. The van der Waals surface area contributed by atoms with Crippen molar-refractivity contribution in [2.45, 2.75) is 12.5 Å². The molecule has 1 amide bonds. The predicted octanol–water partition coefficient (Wildman–Crippen LogP) is -0.265. The molecule has 0 radical (unpaired) electrons. The van der Waals surface area contributed by atoms with E-state index < -0.39 is 0 Å². The van der Waals surface area contributed by atoms with Crippen LogP contribution in [0, 0.1) is 11.3 Å². The molecule has 2 aromatic heterocycles. The second-order valence-electron chi connectivity index (χ2n) is 5.28. The number of hydrogen-bond acceptors (Lipinski definition) is 7. The number of nitriles is 1. The van der Waals surface area contributed by atoms with E-state index in [0.717, 1.165) is 4.68 Å². The molecule has 0 unspecified atom stereocenters. The highest BCUT2D eigenvalue weighted by Gasteiger charge is 2.30. The summed E-state index contributed by atoms with van der Waals surface area (Å²) in [6.45, 7) is 0.848. The van der Waals surface area contributed by atoms with Crippen molar-refractivity contribution in [2.75, 3.05) is 13.1 Å². The van der Waals surface area contributed by atoms with Gasteiger partial charge in [-0.1, -0.05) is 0 Å². The number of ether oxygens (including phenoxy) is 1. The highest BCUT2D eigenvalue weighted by molar-refractivity contribution is 5.92. The third-order valence-electron chi connectivity index (χ3n) is 3.66. The minimum Gasteiger partial charge on any atom is -0.470 e. The van der Waals surface area contributed by atoms with E-state index >= 15 is 0 Å². The standard InChI is InChI=1S/C15H14N6O3/c1-20-13(22)3-2-11(19-20)15(23)21-7-4-10(9-21)24-14-12(8-16)17-5-6-18-14/h2-3,5-6,10H,4,7,9H2,1H3/t10-/m1/s1. The van der Waals surface area contributed by atoms with Crippen LogP contribution in [-0.2, 0) is 7.05 Å². The SMILES string of the molecule is Cn1nc(C(=O)N2CC[C@@H](Oc3nccnc3C#N)C2)ccc1=O. The molecule has 1 atom stereocenters. The lowest BCUT2D eigenvalue weighted by Gasteiger charge is -2.16. The van der Waals surface area contributed by atoms with Gasteiger partial charge in [0, 0.05) is 38.5 Å². The van der Waals surface area contributed by atoms with E-state index in [2.05, 4.69) is 15.1 Å². The monoisotopic (exact) mass is 326 g/mol. The van der Waals surface area contributed by atoms with Gasteiger partial charge in [0.2, 0.25) is 5.69 Å². The molecule has 24 heavy (non-hydrogen) atoms. The van der Waals surface area contributed by atoms with E-state index in [-0.39, 0.29) is 34.8 Å². The number of likely N-dealkylation sites (tertiary alicyclic amines) is 1. The predicted molar refractivity (Wildman–Crippen MR) is 81.2 cm³/mol. The number of amides is 1. The average Bonchev–Trinajstić information content (AvgIpc) is 3.05. The van der Waals surface area contributed by atoms with Gasteiger partial charge in [0.25, 0.3) is 17.3 Å². The molecular formula is C15H14N6O3. The number of aryl methyl sites for hydroxylation is 1. The molecular weight excluding hydrogens is 312 g/mol. The normalized spacial score (nSPS) is 16.7. The van der Waals surface area contributed by atoms with E-state index in [9.17, 15) is 9.59 Å². The van der Waals surface area contributed by atoms with Crippen LogP contribution in [0.1, 0.15) is 22.6 Å². The van der Waals surface area contributed by atoms with Gasteiger partial charge < -0.3 is 9.64 Å². The largest absolute Gasteiger partial charge is 0.470 e. The van der Waals surface area contributed by atoms with E-state index in [1.807, 2.05) is 6.07 Å². The molecule has 122 valence electrons. The zero-order valence-corrected chi connectivity index (χ0v) is 12.9. The Kier molecular flexibility index (Phi) is 4.20. The molecule has 1 saturated heterocycles. The Bertz CT molecular complexity index is 872. The van der Waals surface area contributed by atoms with Crippen LogP contribution >= 0.6 is 0 Å².